The lowest BCUT2D eigenvalue weighted by Gasteiger charge is -2.43. The van der Waals surface area contributed by atoms with Crippen molar-refractivity contribution in [1.29, 1.82) is 0 Å². The highest BCUT2D eigenvalue weighted by Crippen LogP contribution is 2.39. The molecule has 0 radical (unpaired) electrons. The summed E-state index contributed by atoms with van der Waals surface area (Å²) in [5, 5.41) is 8.43. The number of ether oxygens (including phenoxy) is 1. The zero-order valence-corrected chi connectivity index (χ0v) is 18.3. The van der Waals surface area contributed by atoms with Crippen molar-refractivity contribution in [3.8, 4) is 0 Å². The Kier molecular flexibility index (Phi) is 7.15. The molecule has 154 valence electrons. The van der Waals surface area contributed by atoms with Gasteiger partial charge in [0.1, 0.15) is 0 Å². The molecule has 1 aromatic carbocycles. The van der Waals surface area contributed by atoms with Gasteiger partial charge < -0.3 is 10.1 Å². The van der Waals surface area contributed by atoms with Gasteiger partial charge >= 0.3 is 0 Å². The summed E-state index contributed by atoms with van der Waals surface area (Å²) in [6.07, 6.45) is 6.09. The van der Waals surface area contributed by atoms with Gasteiger partial charge in [0, 0.05) is 49.0 Å². The lowest BCUT2D eigenvalue weighted by Crippen LogP contribution is -2.45. The Hall–Kier alpha value is -1.40. The van der Waals surface area contributed by atoms with Crippen LogP contribution in [0.5, 0.6) is 0 Å². The Morgan fingerprint density at radius 3 is 2.68 bits per heavy atom. The molecule has 0 spiro atoms. The summed E-state index contributed by atoms with van der Waals surface area (Å²) < 4.78 is 8.53. The average Bonchev–Trinajstić information content (AvgIpc) is 3.14. The highest BCUT2D eigenvalue weighted by atomic mass is 35.5. The van der Waals surface area contributed by atoms with Gasteiger partial charge in [0.05, 0.1) is 18.4 Å². The predicted octanol–water partition coefficient (Wildman–Crippen LogP) is 4.15. The number of nitrogens with one attached hydrogen (secondary N) is 1. The van der Waals surface area contributed by atoms with Crippen molar-refractivity contribution >= 4 is 11.6 Å². The van der Waals surface area contributed by atoms with E-state index in [1.54, 1.807) is 0 Å². The van der Waals surface area contributed by atoms with Crippen LogP contribution in [-0.4, -0.2) is 48.0 Å². The summed E-state index contributed by atoms with van der Waals surface area (Å²) in [7, 11) is 1.96. The van der Waals surface area contributed by atoms with E-state index >= 15 is 0 Å². The van der Waals surface area contributed by atoms with Gasteiger partial charge in [0.2, 0.25) is 0 Å². The number of likely N-dealkylation sites (N-methyl/N-ethyl adjacent to an activating group) is 1. The van der Waals surface area contributed by atoms with E-state index in [1.807, 2.05) is 24.0 Å². The molecular weight excluding hydrogens is 372 g/mol. The van der Waals surface area contributed by atoms with Crippen LogP contribution in [0.4, 0.5) is 0 Å². The zero-order chi connectivity index (χ0) is 20.1. The minimum absolute atomic E-state index is 0.259. The highest BCUT2D eigenvalue weighted by molar-refractivity contribution is 6.30. The SMILES string of the molecule is CNCCOC1(c2cc(Cl)ccc2C)CCN(Cc2cnn(C(C)C)c2)CC1. The highest BCUT2D eigenvalue weighted by Gasteiger charge is 2.38. The normalized spacial score (nSPS) is 17.4. The largest absolute Gasteiger partial charge is 0.369 e. The van der Waals surface area contributed by atoms with E-state index in [1.165, 1.54) is 16.7 Å². The number of hydrogen-bond acceptors (Lipinski definition) is 4. The summed E-state index contributed by atoms with van der Waals surface area (Å²) in [5.74, 6) is 0. The monoisotopic (exact) mass is 404 g/mol. The summed E-state index contributed by atoms with van der Waals surface area (Å²) in [5.41, 5.74) is 3.50. The molecule has 2 aromatic rings. The first-order chi connectivity index (χ1) is 13.4. The Balaban J connectivity index is 1.72. The number of benzene rings is 1. The molecule has 5 nitrogen and oxygen atoms in total. The van der Waals surface area contributed by atoms with Crippen LogP contribution in [-0.2, 0) is 16.9 Å². The van der Waals surface area contributed by atoms with E-state index in [0.717, 1.165) is 44.0 Å². The zero-order valence-electron chi connectivity index (χ0n) is 17.5. The average molecular weight is 405 g/mol. The third-order valence-electron chi connectivity index (χ3n) is 5.67. The molecule has 1 aromatic heterocycles. The van der Waals surface area contributed by atoms with Crippen molar-refractivity contribution in [3.63, 3.8) is 0 Å². The maximum atomic E-state index is 6.50. The molecule has 1 aliphatic rings. The van der Waals surface area contributed by atoms with E-state index in [0.29, 0.717) is 12.6 Å². The first kappa shape index (κ1) is 21.3. The lowest BCUT2D eigenvalue weighted by molar-refractivity contribution is -0.0896. The Morgan fingerprint density at radius 1 is 1.29 bits per heavy atom. The topological polar surface area (TPSA) is 42.3 Å². The molecule has 2 heterocycles. The van der Waals surface area contributed by atoms with Crippen LogP contribution in [0.2, 0.25) is 5.02 Å². The van der Waals surface area contributed by atoms with Crippen LogP contribution in [0.25, 0.3) is 0 Å². The number of nitrogens with zero attached hydrogens (tertiary/aromatic N) is 3. The van der Waals surface area contributed by atoms with E-state index in [4.69, 9.17) is 16.3 Å². The molecule has 6 heteroatoms. The van der Waals surface area contributed by atoms with Gasteiger partial charge in [-0.25, -0.2) is 0 Å². The van der Waals surface area contributed by atoms with Crippen LogP contribution in [0.15, 0.2) is 30.6 Å². The van der Waals surface area contributed by atoms with Crippen molar-refractivity contribution in [2.75, 3.05) is 33.3 Å². The quantitative estimate of drug-likeness (QED) is 0.671. The maximum Gasteiger partial charge on any atom is 0.0959 e. The first-order valence-electron chi connectivity index (χ1n) is 10.2. The van der Waals surface area contributed by atoms with Crippen molar-refractivity contribution in [3.05, 3.63) is 52.3 Å². The number of hydrogen-bond donors (Lipinski definition) is 1. The molecule has 1 aliphatic heterocycles. The summed E-state index contributed by atoms with van der Waals surface area (Å²) in [4.78, 5) is 2.50. The van der Waals surface area contributed by atoms with Gasteiger partial charge in [-0.1, -0.05) is 17.7 Å². The van der Waals surface area contributed by atoms with Gasteiger partial charge in [0.15, 0.2) is 0 Å². The molecule has 0 amide bonds. The van der Waals surface area contributed by atoms with Crippen molar-refractivity contribution in [2.45, 2.75) is 51.8 Å². The molecule has 0 unspecified atom stereocenters. The van der Waals surface area contributed by atoms with E-state index in [2.05, 4.69) is 54.4 Å². The summed E-state index contributed by atoms with van der Waals surface area (Å²) >= 11 is 6.34. The molecule has 1 fully saturated rings. The van der Waals surface area contributed by atoms with Gasteiger partial charge in [-0.3, -0.25) is 9.58 Å². The van der Waals surface area contributed by atoms with Crippen molar-refractivity contribution in [2.24, 2.45) is 0 Å². The van der Waals surface area contributed by atoms with Crippen LogP contribution < -0.4 is 5.32 Å². The second-order valence-corrected chi connectivity index (χ2v) is 8.54. The molecular formula is C22H33ClN4O. The number of likely N-dealkylation sites (tertiary alicyclic amines) is 1. The Morgan fingerprint density at radius 2 is 2.04 bits per heavy atom. The van der Waals surface area contributed by atoms with E-state index in [-0.39, 0.29) is 5.60 Å². The van der Waals surface area contributed by atoms with Crippen molar-refractivity contribution in [1.82, 2.24) is 20.0 Å². The minimum Gasteiger partial charge on any atom is -0.369 e. The standard InChI is InChI=1S/C22H33ClN4O/c1-17(2)27-16-19(14-25-27)15-26-10-7-22(8-11-26,28-12-9-24-4)21-13-20(23)6-5-18(21)3/h5-6,13-14,16-17,24H,7-12,15H2,1-4H3. The molecule has 28 heavy (non-hydrogen) atoms. The lowest BCUT2D eigenvalue weighted by atomic mass is 9.81. The van der Waals surface area contributed by atoms with Crippen LogP contribution in [0.3, 0.4) is 0 Å². The fourth-order valence-electron chi connectivity index (χ4n) is 4.00. The summed E-state index contributed by atoms with van der Waals surface area (Å²) in [6, 6.07) is 6.56. The summed E-state index contributed by atoms with van der Waals surface area (Å²) in [6.45, 7) is 10.9. The second kappa shape index (κ2) is 9.40. The molecule has 0 saturated carbocycles. The van der Waals surface area contributed by atoms with Crippen LogP contribution in [0.1, 0.15) is 49.4 Å². The first-order valence-corrected chi connectivity index (χ1v) is 10.6. The third-order valence-corrected chi connectivity index (χ3v) is 5.91. The fraction of sp³-hybridized carbons (Fsp3) is 0.591. The van der Waals surface area contributed by atoms with Gasteiger partial charge in [-0.15, -0.1) is 0 Å². The maximum absolute atomic E-state index is 6.50. The fourth-order valence-corrected chi connectivity index (χ4v) is 4.17. The molecule has 3 rings (SSSR count). The minimum atomic E-state index is -0.259. The number of aromatic nitrogens is 2. The van der Waals surface area contributed by atoms with Crippen LogP contribution >= 0.6 is 11.6 Å². The smallest absolute Gasteiger partial charge is 0.0959 e. The number of piperidine rings is 1. The van der Waals surface area contributed by atoms with Crippen molar-refractivity contribution < 1.29 is 4.74 Å². The Bertz CT molecular complexity index is 766. The third kappa shape index (κ3) is 4.95. The number of aryl methyl sites for hydroxylation is 1. The second-order valence-electron chi connectivity index (χ2n) is 8.10. The molecule has 0 atom stereocenters. The van der Waals surface area contributed by atoms with Gasteiger partial charge in [-0.05, 0) is 63.9 Å². The molecule has 1 N–H and O–H groups in total. The molecule has 1 saturated heterocycles. The van der Waals surface area contributed by atoms with Crippen LogP contribution in [0, 0.1) is 6.92 Å². The van der Waals surface area contributed by atoms with E-state index in [9.17, 15) is 0 Å². The number of rotatable bonds is 8. The van der Waals surface area contributed by atoms with E-state index < -0.39 is 0 Å². The predicted molar refractivity (Wildman–Crippen MR) is 115 cm³/mol. The van der Waals surface area contributed by atoms with Gasteiger partial charge in [-0.2, -0.15) is 5.10 Å². The number of halogens is 1. The molecule has 0 bridgehead atoms. The Labute approximate surface area is 174 Å². The molecule has 0 aliphatic carbocycles. The van der Waals surface area contributed by atoms with Gasteiger partial charge in [0.25, 0.3) is 0 Å².